The second kappa shape index (κ2) is 9.30. The highest BCUT2D eigenvalue weighted by Gasteiger charge is 2.44. The zero-order valence-electron chi connectivity index (χ0n) is 22.9. The van der Waals surface area contributed by atoms with Gasteiger partial charge in [-0.15, -0.1) is 0 Å². The molecule has 3 nitrogen and oxygen atoms in total. The Bertz CT molecular complexity index is 1500. The van der Waals surface area contributed by atoms with E-state index in [9.17, 15) is 5.11 Å². The van der Waals surface area contributed by atoms with Gasteiger partial charge in [-0.2, -0.15) is 9.15 Å². The van der Waals surface area contributed by atoms with Crippen LogP contribution in [0.4, 0.5) is 11.4 Å². The normalized spacial score (nSPS) is 17.8. The van der Waals surface area contributed by atoms with Crippen LogP contribution in [0, 0.1) is 0 Å². The maximum atomic E-state index is 10.7. The molecule has 1 N–H and O–H groups in total. The second-order valence-electron chi connectivity index (χ2n) is 11.0. The van der Waals surface area contributed by atoms with Crippen LogP contribution in [0.5, 0.6) is 5.75 Å². The highest BCUT2D eigenvalue weighted by atomic mass is 16.3. The fraction of sp³-hybridized carbons (Fsp3) is 0.294. The van der Waals surface area contributed by atoms with Crippen LogP contribution >= 0.6 is 0 Å². The van der Waals surface area contributed by atoms with E-state index in [0.29, 0.717) is 5.75 Å². The lowest BCUT2D eigenvalue weighted by Gasteiger charge is -2.15. The molecule has 3 heteroatoms. The van der Waals surface area contributed by atoms with Crippen LogP contribution in [0.25, 0.3) is 12.2 Å². The second-order valence-corrected chi connectivity index (χ2v) is 11.0. The lowest BCUT2D eigenvalue weighted by atomic mass is 9.81. The molecule has 0 aromatic heterocycles. The van der Waals surface area contributed by atoms with Crippen molar-refractivity contribution in [2.24, 2.45) is 0 Å². The summed E-state index contributed by atoms with van der Waals surface area (Å²) in [7, 11) is 0. The summed E-state index contributed by atoms with van der Waals surface area (Å²) in [4.78, 5) is 0. The number of rotatable bonds is 6. The van der Waals surface area contributed by atoms with Crippen LogP contribution in [0.3, 0.4) is 0 Å². The average Bonchev–Trinajstić information content (AvgIpc) is 3.25. The average molecular weight is 491 g/mol. The number of nitrogens with zero attached hydrogens (tertiary/aromatic N) is 2. The number of para-hydroxylation sites is 2. The number of hydrogen-bond donors (Lipinski definition) is 1. The van der Waals surface area contributed by atoms with Crippen molar-refractivity contribution in [3.05, 3.63) is 101 Å². The maximum Gasteiger partial charge on any atom is 0.209 e. The van der Waals surface area contributed by atoms with E-state index in [1.165, 1.54) is 33.9 Å². The predicted molar refractivity (Wildman–Crippen MR) is 156 cm³/mol. The molecule has 3 aromatic carbocycles. The highest BCUT2D eigenvalue weighted by molar-refractivity contribution is 6.06. The van der Waals surface area contributed by atoms with E-state index in [1.807, 2.05) is 6.07 Å². The zero-order chi connectivity index (χ0) is 26.4. The summed E-state index contributed by atoms with van der Waals surface area (Å²) in [6, 6.07) is 23.2. The third-order valence-electron chi connectivity index (χ3n) is 8.14. The molecular formula is C34H38N2O+2. The number of allylic oxidation sites excluding steroid dienone is 2. The van der Waals surface area contributed by atoms with E-state index in [-0.39, 0.29) is 10.8 Å². The topological polar surface area (TPSA) is 26.2 Å². The van der Waals surface area contributed by atoms with Gasteiger partial charge in [-0.3, -0.25) is 0 Å². The van der Waals surface area contributed by atoms with Crippen molar-refractivity contribution in [2.45, 2.75) is 52.4 Å². The molecule has 0 aliphatic carbocycles. The Morgan fingerprint density at radius 1 is 0.649 bits per heavy atom. The van der Waals surface area contributed by atoms with Crippen molar-refractivity contribution in [1.82, 2.24) is 0 Å². The Balaban J connectivity index is 1.48. The lowest BCUT2D eigenvalue weighted by molar-refractivity contribution is -0.433. The van der Waals surface area contributed by atoms with E-state index in [2.05, 4.69) is 130 Å². The first kappa shape index (κ1) is 25.0. The minimum atomic E-state index is -0.0977. The van der Waals surface area contributed by atoms with Gasteiger partial charge in [0.25, 0.3) is 0 Å². The van der Waals surface area contributed by atoms with Gasteiger partial charge in [0.1, 0.15) is 18.8 Å². The fourth-order valence-corrected chi connectivity index (χ4v) is 6.12. The van der Waals surface area contributed by atoms with E-state index in [0.717, 1.165) is 24.2 Å². The number of hydrogen-bond acceptors (Lipinski definition) is 1. The summed E-state index contributed by atoms with van der Waals surface area (Å²) in [5.74, 6) is 0.293. The lowest BCUT2D eigenvalue weighted by Crippen LogP contribution is -2.27. The molecule has 37 heavy (non-hydrogen) atoms. The number of benzene rings is 3. The van der Waals surface area contributed by atoms with Crippen molar-refractivity contribution in [3.8, 4) is 5.75 Å². The Hall–Kier alpha value is -3.72. The molecular weight excluding hydrogens is 452 g/mol. The van der Waals surface area contributed by atoms with Gasteiger partial charge in [0, 0.05) is 41.0 Å². The molecule has 2 aliphatic heterocycles. The van der Waals surface area contributed by atoms with Crippen molar-refractivity contribution < 1.29 is 14.3 Å². The summed E-state index contributed by atoms with van der Waals surface area (Å²) in [6.45, 7) is 15.4. The quantitative estimate of drug-likeness (QED) is 0.354. The van der Waals surface area contributed by atoms with E-state index < -0.39 is 0 Å². The van der Waals surface area contributed by atoms with Gasteiger partial charge in [-0.05, 0) is 71.4 Å². The molecule has 0 atom stereocenters. The smallest absolute Gasteiger partial charge is 0.209 e. The van der Waals surface area contributed by atoms with Crippen LogP contribution in [-0.2, 0) is 10.8 Å². The molecule has 3 aromatic rings. The minimum Gasteiger partial charge on any atom is -0.507 e. The Morgan fingerprint density at radius 3 is 1.65 bits per heavy atom. The monoisotopic (exact) mass is 490 g/mol. The maximum absolute atomic E-state index is 10.7. The van der Waals surface area contributed by atoms with Crippen molar-refractivity contribution in [2.75, 3.05) is 13.1 Å². The molecule has 2 aliphatic rings. The fourth-order valence-electron chi connectivity index (χ4n) is 6.12. The van der Waals surface area contributed by atoms with Gasteiger partial charge < -0.3 is 5.11 Å². The summed E-state index contributed by atoms with van der Waals surface area (Å²) >= 11 is 0. The van der Waals surface area contributed by atoms with E-state index in [4.69, 9.17) is 0 Å². The SMILES string of the molecule is CC[N+]1=C(/C=C/c2ccc(O)c(/C=C/C3=[N+](CC)c4ccccc4C3(C)C)c2)C(C)(C)c2ccccc21. The summed E-state index contributed by atoms with van der Waals surface area (Å²) in [6.07, 6.45) is 8.65. The Kier molecular flexibility index (Phi) is 6.27. The van der Waals surface area contributed by atoms with Gasteiger partial charge in [-0.25, -0.2) is 0 Å². The third-order valence-corrected chi connectivity index (χ3v) is 8.14. The van der Waals surface area contributed by atoms with Gasteiger partial charge >= 0.3 is 0 Å². The van der Waals surface area contributed by atoms with Crippen LogP contribution in [0.1, 0.15) is 63.8 Å². The molecule has 0 bridgehead atoms. The van der Waals surface area contributed by atoms with Gasteiger partial charge in [0.05, 0.1) is 10.8 Å². The summed E-state index contributed by atoms with van der Waals surface area (Å²) in [5, 5.41) is 10.7. The largest absolute Gasteiger partial charge is 0.507 e. The molecule has 0 saturated heterocycles. The van der Waals surface area contributed by atoms with Gasteiger partial charge in [-0.1, -0.05) is 42.5 Å². The van der Waals surface area contributed by atoms with Crippen LogP contribution in [0.15, 0.2) is 78.9 Å². The van der Waals surface area contributed by atoms with Crippen LogP contribution in [0.2, 0.25) is 0 Å². The van der Waals surface area contributed by atoms with Gasteiger partial charge in [0.2, 0.25) is 11.4 Å². The molecule has 0 spiro atoms. The van der Waals surface area contributed by atoms with Crippen LogP contribution < -0.4 is 0 Å². The molecule has 2 heterocycles. The number of phenolic OH excluding ortho intramolecular Hbond substituents is 1. The molecule has 5 rings (SSSR count). The molecule has 0 unspecified atom stereocenters. The van der Waals surface area contributed by atoms with Crippen molar-refractivity contribution >= 4 is 35.0 Å². The highest BCUT2D eigenvalue weighted by Crippen LogP contribution is 2.41. The molecule has 0 radical (unpaired) electrons. The first-order valence-corrected chi connectivity index (χ1v) is 13.4. The first-order chi connectivity index (χ1) is 17.7. The standard InChI is InChI=1S/C34H37N2O/c1-7-35-28-15-11-9-13-26(28)33(3,4)31(35)21-18-24-17-20-30(37)25(23-24)19-22-32-34(5,6)27-14-10-12-16-29(27)36(32)8-2/h9-23H,7-8H2,1-6H3/q+1/p+1. The van der Waals surface area contributed by atoms with Crippen LogP contribution in [-0.4, -0.2) is 38.8 Å². The summed E-state index contributed by atoms with van der Waals surface area (Å²) < 4.78 is 4.78. The molecule has 188 valence electrons. The molecule has 0 amide bonds. The van der Waals surface area contributed by atoms with E-state index >= 15 is 0 Å². The van der Waals surface area contributed by atoms with Gasteiger partial charge in [0.15, 0.2) is 11.4 Å². The number of aromatic hydroxyl groups is 1. The molecule has 0 fully saturated rings. The number of phenols is 1. The summed E-state index contributed by atoms with van der Waals surface area (Å²) in [5.41, 5.74) is 9.54. The first-order valence-electron chi connectivity index (χ1n) is 13.4. The predicted octanol–water partition coefficient (Wildman–Crippen LogP) is 7.61. The number of fused-ring (bicyclic) bond motifs is 2. The van der Waals surface area contributed by atoms with Crippen molar-refractivity contribution in [1.29, 1.82) is 0 Å². The Labute approximate surface area is 221 Å². The molecule has 0 saturated carbocycles. The zero-order valence-corrected chi connectivity index (χ0v) is 22.9. The third kappa shape index (κ3) is 4.07. The Morgan fingerprint density at radius 2 is 1.14 bits per heavy atom. The minimum absolute atomic E-state index is 0.0634. The van der Waals surface area contributed by atoms with E-state index in [1.54, 1.807) is 6.07 Å². The van der Waals surface area contributed by atoms with Crippen molar-refractivity contribution in [3.63, 3.8) is 0 Å².